The molecule has 8 rings (SSSR count). The molecule has 0 fully saturated rings. The van der Waals surface area contributed by atoms with Gasteiger partial charge in [0.1, 0.15) is 23.0 Å². The van der Waals surface area contributed by atoms with E-state index in [9.17, 15) is 15.0 Å². The Bertz CT molecular complexity index is 2180. The lowest BCUT2D eigenvalue weighted by Gasteiger charge is -2.37. The van der Waals surface area contributed by atoms with E-state index in [1.165, 1.54) is 16.7 Å². The molecule has 2 heterocycles. The Morgan fingerprint density at radius 3 is 2.11 bits per heavy atom. The number of fused-ring (bicyclic) bond motifs is 6. The number of benzene rings is 6. The van der Waals surface area contributed by atoms with E-state index in [1.807, 2.05) is 66.7 Å². The minimum Gasteiger partial charge on any atom is -0.507 e. The van der Waals surface area contributed by atoms with Gasteiger partial charge in [-0.1, -0.05) is 109 Å². The van der Waals surface area contributed by atoms with Crippen molar-refractivity contribution < 1.29 is 24.5 Å². The third-order valence-electron chi connectivity index (χ3n) is 8.45. The van der Waals surface area contributed by atoms with Crippen LogP contribution in [-0.4, -0.2) is 22.4 Å². The van der Waals surface area contributed by atoms with Gasteiger partial charge in [0.15, 0.2) is 5.60 Å². The molecule has 2 N–H and O–H groups in total. The predicted octanol–water partition coefficient (Wildman–Crippen LogP) is 7.83. The second-order valence-corrected chi connectivity index (χ2v) is 13.7. The van der Waals surface area contributed by atoms with Crippen molar-refractivity contribution >= 4 is 53.3 Å². The highest BCUT2D eigenvalue weighted by Gasteiger charge is 2.54. The van der Waals surface area contributed by atoms with Crippen LogP contribution in [0.1, 0.15) is 32.6 Å². The van der Waals surface area contributed by atoms with Crippen LogP contribution >= 0.6 is 19.5 Å². The molecular weight excluding hydrogens is 629 g/mol. The number of para-hydroxylation sites is 1. The summed E-state index contributed by atoms with van der Waals surface area (Å²) < 4.78 is 12.6. The van der Waals surface area contributed by atoms with Crippen LogP contribution < -0.4 is 20.7 Å². The molecule has 1 atom stereocenters. The van der Waals surface area contributed by atoms with Gasteiger partial charge in [-0.25, -0.2) is 4.79 Å². The van der Waals surface area contributed by atoms with Crippen LogP contribution in [0.25, 0.3) is 0 Å². The van der Waals surface area contributed by atoms with E-state index in [2.05, 4.69) is 30.3 Å². The Morgan fingerprint density at radius 1 is 0.702 bits per heavy atom. The number of esters is 1. The zero-order chi connectivity index (χ0) is 32.1. The molecule has 47 heavy (non-hydrogen) atoms. The summed E-state index contributed by atoms with van der Waals surface area (Å²) in [5, 5.41) is 25.3. The smallest absolute Gasteiger partial charge is 0.340 e. The average Bonchev–Trinajstić information content (AvgIpc) is 3.39. The van der Waals surface area contributed by atoms with E-state index in [0.29, 0.717) is 27.8 Å². The summed E-state index contributed by atoms with van der Waals surface area (Å²) in [5.41, 5.74) is 1.56. The fraction of sp³-hybridized carbons (Fsp3) is 0.0256. The molecule has 228 valence electrons. The highest BCUT2D eigenvalue weighted by molar-refractivity contribution is 7.80. The maximum absolute atomic E-state index is 13.3. The average molecular weight is 654 g/mol. The normalized spacial score (nSPS) is 16.1. The van der Waals surface area contributed by atoms with Crippen LogP contribution in [0.3, 0.4) is 0 Å². The van der Waals surface area contributed by atoms with Gasteiger partial charge in [-0.3, -0.25) is 4.99 Å². The van der Waals surface area contributed by atoms with Crippen molar-refractivity contribution in [3.8, 4) is 23.0 Å². The highest BCUT2D eigenvalue weighted by Crippen LogP contribution is 2.58. The van der Waals surface area contributed by atoms with Crippen LogP contribution in [0.5, 0.6) is 23.0 Å². The predicted molar refractivity (Wildman–Crippen MR) is 185 cm³/mol. The van der Waals surface area contributed by atoms with Crippen molar-refractivity contribution in [2.45, 2.75) is 5.60 Å². The molecule has 0 aliphatic carbocycles. The second kappa shape index (κ2) is 11.4. The molecule has 0 saturated carbocycles. The van der Waals surface area contributed by atoms with Gasteiger partial charge < -0.3 is 19.7 Å². The molecule has 8 heteroatoms. The number of nitrogens with zero attached hydrogens (tertiary/aromatic N) is 1. The van der Waals surface area contributed by atoms with E-state index >= 15 is 0 Å². The van der Waals surface area contributed by atoms with E-state index in [0.717, 1.165) is 11.0 Å². The zero-order valence-electron chi connectivity index (χ0n) is 24.7. The number of aromatic hydroxyl groups is 2. The number of phenols is 2. The lowest BCUT2D eigenvalue weighted by Crippen LogP contribution is -2.33. The first-order chi connectivity index (χ1) is 23.0. The topological polar surface area (TPSA) is 88.4 Å². The summed E-state index contributed by atoms with van der Waals surface area (Å²) in [6.45, 7) is 0. The largest absolute Gasteiger partial charge is 0.507 e. The van der Waals surface area contributed by atoms with Crippen molar-refractivity contribution in [3.63, 3.8) is 0 Å². The lowest BCUT2D eigenvalue weighted by molar-refractivity contribution is 0.0224. The van der Waals surface area contributed by atoms with Gasteiger partial charge >= 0.3 is 5.97 Å². The Balaban J connectivity index is 1.31. The molecule has 0 bridgehead atoms. The third kappa shape index (κ3) is 4.68. The first kappa shape index (κ1) is 29.0. The lowest BCUT2D eigenvalue weighted by atomic mass is 9.77. The van der Waals surface area contributed by atoms with Crippen LogP contribution in [-0.2, 0) is 10.3 Å². The summed E-state index contributed by atoms with van der Waals surface area (Å²) in [4.78, 5) is 18.2. The minimum absolute atomic E-state index is 0.0761. The van der Waals surface area contributed by atoms with E-state index < -0.39 is 19.5 Å². The maximum atomic E-state index is 13.3. The number of carbonyl (C=O) groups excluding carboxylic acids is 1. The van der Waals surface area contributed by atoms with Crippen LogP contribution in [0.2, 0.25) is 5.02 Å². The van der Waals surface area contributed by atoms with Crippen molar-refractivity contribution in [2.24, 2.45) is 4.99 Å². The number of ether oxygens (including phenoxy) is 2. The molecule has 0 amide bonds. The SMILES string of the molecule is O=C1OC2(c3cc(Cl)c(O)cc3Oc3c2ccc(O)c3C=Nc2ccccc2P(c2ccccc2)c2ccccc2)c2ccccc21. The molecule has 6 aromatic rings. The third-order valence-corrected chi connectivity index (χ3v) is 11.2. The number of rotatable bonds is 5. The molecule has 2 aliphatic heterocycles. The summed E-state index contributed by atoms with van der Waals surface area (Å²) in [6, 6.07) is 42.0. The van der Waals surface area contributed by atoms with E-state index in [-0.39, 0.29) is 28.0 Å². The van der Waals surface area contributed by atoms with Gasteiger partial charge in [0.2, 0.25) is 0 Å². The Hall–Kier alpha value is -5.42. The Kier molecular flexibility index (Phi) is 7.06. The number of hydrogen-bond acceptors (Lipinski definition) is 6. The number of phenolic OH excluding ortho intramolecular Hbond substituents is 2. The molecule has 0 aromatic heterocycles. The van der Waals surface area contributed by atoms with Gasteiger partial charge in [0.25, 0.3) is 0 Å². The van der Waals surface area contributed by atoms with Crippen LogP contribution in [0.4, 0.5) is 5.69 Å². The maximum Gasteiger partial charge on any atom is 0.340 e. The standard InChI is InChI=1S/C39H25ClNO5P/c40-31-21-30-35(22-34(31)43)45-37-27(33(42)20-19-29(37)39(30)28-16-8-7-15-26(28)38(44)46-39)23-41-32-17-9-10-18-36(32)47(24-11-3-1-4-12-24)25-13-5-2-6-14-25/h1-23,42-43H. The van der Waals surface area contributed by atoms with Crippen molar-refractivity contribution in [3.05, 3.63) is 166 Å². The summed E-state index contributed by atoms with van der Waals surface area (Å²) in [7, 11) is -0.958. The molecule has 0 radical (unpaired) electrons. The first-order valence-corrected chi connectivity index (χ1v) is 16.6. The molecule has 1 spiro atoms. The van der Waals surface area contributed by atoms with Gasteiger partial charge in [0.05, 0.1) is 21.8 Å². The number of carbonyl (C=O) groups is 1. The van der Waals surface area contributed by atoms with Gasteiger partial charge in [-0.05, 0) is 48.9 Å². The fourth-order valence-electron chi connectivity index (χ4n) is 6.35. The molecule has 0 saturated heterocycles. The van der Waals surface area contributed by atoms with Crippen molar-refractivity contribution in [2.75, 3.05) is 0 Å². The fourth-order valence-corrected chi connectivity index (χ4v) is 8.91. The Labute approximate surface area is 276 Å². The van der Waals surface area contributed by atoms with Crippen LogP contribution in [0.15, 0.2) is 138 Å². The van der Waals surface area contributed by atoms with E-state index in [4.69, 9.17) is 26.1 Å². The number of halogens is 1. The minimum atomic E-state index is -1.43. The molecule has 6 nitrogen and oxygen atoms in total. The summed E-state index contributed by atoms with van der Waals surface area (Å²) in [6.07, 6.45) is 1.58. The van der Waals surface area contributed by atoms with Crippen LogP contribution in [0, 0.1) is 0 Å². The van der Waals surface area contributed by atoms with Gasteiger partial charge in [-0.2, -0.15) is 0 Å². The van der Waals surface area contributed by atoms with Gasteiger partial charge in [0, 0.05) is 34.3 Å². The molecule has 1 unspecified atom stereocenters. The monoisotopic (exact) mass is 653 g/mol. The van der Waals surface area contributed by atoms with Gasteiger partial charge in [-0.15, -0.1) is 0 Å². The number of hydrogen-bond donors (Lipinski definition) is 2. The first-order valence-electron chi connectivity index (χ1n) is 14.9. The van der Waals surface area contributed by atoms with Crippen molar-refractivity contribution in [1.29, 1.82) is 0 Å². The summed E-state index contributed by atoms with van der Waals surface area (Å²) >= 11 is 6.40. The molecule has 2 aliphatic rings. The quantitative estimate of drug-likeness (QED) is 0.113. The molecular formula is C39H25ClNO5P. The Morgan fingerprint density at radius 2 is 1.36 bits per heavy atom. The summed E-state index contributed by atoms with van der Waals surface area (Å²) in [5.74, 6) is -0.288. The molecule has 6 aromatic carbocycles. The second-order valence-electron chi connectivity index (χ2n) is 11.1. The highest BCUT2D eigenvalue weighted by atomic mass is 35.5. The zero-order valence-corrected chi connectivity index (χ0v) is 26.3. The van der Waals surface area contributed by atoms with Crippen molar-refractivity contribution in [1.82, 2.24) is 0 Å². The number of aliphatic imine (C=N–C) groups is 1. The van der Waals surface area contributed by atoms with E-state index in [1.54, 1.807) is 36.5 Å².